The van der Waals surface area contributed by atoms with Crippen molar-refractivity contribution in [2.45, 2.75) is 116 Å². The highest BCUT2D eigenvalue weighted by Crippen LogP contribution is 2.38. The smallest absolute Gasteiger partial charge is 0.235 e. The minimum Gasteiger partial charge on any atom is -0.387 e. The molecule has 0 heterocycles. The summed E-state index contributed by atoms with van der Waals surface area (Å²) in [5.41, 5.74) is -2.32. The zero-order chi connectivity index (χ0) is 34.2. The van der Waals surface area contributed by atoms with Crippen molar-refractivity contribution in [3.05, 3.63) is 96.1 Å². The van der Waals surface area contributed by atoms with Gasteiger partial charge in [-0.15, -0.1) is 0 Å². The van der Waals surface area contributed by atoms with Crippen LogP contribution in [0.2, 0.25) is 0 Å². The van der Waals surface area contributed by atoms with E-state index in [-0.39, 0.29) is 0 Å². The number of carbonyl (C=O) groups is 2. The lowest BCUT2D eigenvalue weighted by Crippen LogP contribution is -2.55. The van der Waals surface area contributed by atoms with Gasteiger partial charge in [-0.2, -0.15) is 0 Å². The zero-order valence-corrected chi connectivity index (χ0v) is 29.1. The summed E-state index contributed by atoms with van der Waals surface area (Å²) in [6, 6.07) is 26.6. The fourth-order valence-corrected chi connectivity index (χ4v) is 7.12. The summed E-state index contributed by atoms with van der Waals surface area (Å²) in [5, 5.41) is 34.7. The first-order valence-corrected chi connectivity index (χ1v) is 17.5. The van der Waals surface area contributed by atoms with Crippen LogP contribution < -0.4 is 10.6 Å². The Balaban J connectivity index is 1.71. The summed E-state index contributed by atoms with van der Waals surface area (Å²) >= 11 is 0. The third-order valence-electron chi connectivity index (χ3n) is 9.71. The molecule has 0 radical (unpaired) electrons. The maximum Gasteiger partial charge on any atom is 0.235 e. The standard InChI is InChI=1S/C41H54N2O4/c1-7-23-40(46,24-8-2)35(33-21-19-29-15-11-13-17-31(29)27-33)42-37(44)39(5,6)38(45)43-36(41(47,25-9-3)26-10-4)34-22-20-30-16-12-14-18-32(30)28-34/h11-22,27-28,35-36,46-47H,7-10,23-26H2,1-6H3,(H,42,44)(H,43,45)/t35-,36-/m1/s1. The molecule has 2 amide bonds. The zero-order valence-electron chi connectivity index (χ0n) is 29.1. The average molecular weight is 639 g/mol. The number of hydrogen-bond donors (Lipinski definition) is 4. The second-order valence-corrected chi connectivity index (χ2v) is 13.9. The highest BCUT2D eigenvalue weighted by atomic mass is 16.3. The molecule has 0 unspecified atom stereocenters. The Labute approximate surface area is 281 Å². The summed E-state index contributed by atoms with van der Waals surface area (Å²) in [4.78, 5) is 28.5. The molecule has 0 aliphatic heterocycles. The van der Waals surface area contributed by atoms with E-state index < -0.39 is 40.5 Å². The molecule has 0 aliphatic carbocycles. The summed E-state index contributed by atoms with van der Waals surface area (Å²) in [7, 11) is 0. The van der Waals surface area contributed by atoms with Crippen LogP contribution in [0.3, 0.4) is 0 Å². The predicted molar refractivity (Wildman–Crippen MR) is 193 cm³/mol. The number of benzene rings is 4. The molecule has 0 saturated heterocycles. The van der Waals surface area contributed by atoms with Gasteiger partial charge in [0.05, 0.1) is 23.3 Å². The summed E-state index contributed by atoms with van der Waals surface area (Å²) in [6.45, 7) is 11.3. The molecule has 0 bridgehead atoms. The molecule has 6 heteroatoms. The van der Waals surface area contributed by atoms with Crippen molar-refractivity contribution in [2.75, 3.05) is 0 Å². The number of amides is 2. The van der Waals surface area contributed by atoms with Crippen LogP contribution in [0.1, 0.15) is 116 Å². The van der Waals surface area contributed by atoms with E-state index in [1.165, 1.54) is 0 Å². The van der Waals surface area contributed by atoms with Crippen LogP contribution in [0.15, 0.2) is 84.9 Å². The fraction of sp³-hybridized carbons (Fsp3) is 0.463. The van der Waals surface area contributed by atoms with Crippen molar-refractivity contribution in [1.29, 1.82) is 0 Å². The van der Waals surface area contributed by atoms with Crippen molar-refractivity contribution in [2.24, 2.45) is 5.41 Å². The first kappa shape index (κ1) is 36.1. The van der Waals surface area contributed by atoms with E-state index in [1.54, 1.807) is 13.8 Å². The molecule has 252 valence electrons. The third-order valence-corrected chi connectivity index (χ3v) is 9.71. The largest absolute Gasteiger partial charge is 0.387 e. The first-order chi connectivity index (χ1) is 22.4. The van der Waals surface area contributed by atoms with Crippen LogP contribution in [0.5, 0.6) is 0 Å². The Kier molecular flexibility index (Phi) is 11.9. The van der Waals surface area contributed by atoms with Crippen LogP contribution in [-0.2, 0) is 9.59 Å². The molecule has 0 aliphatic rings. The number of carbonyl (C=O) groups excluding carboxylic acids is 2. The van der Waals surface area contributed by atoms with Crippen molar-refractivity contribution in [3.63, 3.8) is 0 Å². The van der Waals surface area contributed by atoms with E-state index in [0.29, 0.717) is 25.7 Å². The van der Waals surface area contributed by atoms with Crippen molar-refractivity contribution in [3.8, 4) is 0 Å². The van der Waals surface area contributed by atoms with E-state index in [2.05, 4.69) is 10.6 Å². The monoisotopic (exact) mass is 638 g/mol. The van der Waals surface area contributed by atoms with Crippen molar-refractivity contribution < 1.29 is 19.8 Å². The van der Waals surface area contributed by atoms with E-state index >= 15 is 0 Å². The van der Waals surface area contributed by atoms with Gasteiger partial charge in [0, 0.05) is 0 Å². The van der Waals surface area contributed by atoms with Crippen LogP contribution >= 0.6 is 0 Å². The molecule has 0 fully saturated rings. The Hall–Kier alpha value is -3.74. The van der Waals surface area contributed by atoms with Gasteiger partial charge in [0.25, 0.3) is 0 Å². The highest BCUT2D eigenvalue weighted by Gasteiger charge is 2.45. The van der Waals surface area contributed by atoms with Crippen LogP contribution in [-0.4, -0.2) is 33.2 Å². The Morgan fingerprint density at radius 1 is 0.553 bits per heavy atom. The van der Waals surface area contributed by atoms with E-state index in [0.717, 1.165) is 58.4 Å². The number of fused-ring (bicyclic) bond motifs is 2. The normalized spacial score (nSPS) is 13.8. The van der Waals surface area contributed by atoms with Gasteiger partial charge in [-0.25, -0.2) is 0 Å². The number of hydrogen-bond acceptors (Lipinski definition) is 4. The van der Waals surface area contributed by atoms with Crippen LogP contribution in [0.4, 0.5) is 0 Å². The van der Waals surface area contributed by atoms with Gasteiger partial charge in [0.2, 0.25) is 11.8 Å². The lowest BCUT2D eigenvalue weighted by atomic mass is 9.79. The van der Waals surface area contributed by atoms with Crippen molar-refractivity contribution >= 4 is 33.4 Å². The number of rotatable bonds is 16. The van der Waals surface area contributed by atoms with Gasteiger partial charge in [-0.3, -0.25) is 9.59 Å². The molecule has 0 saturated carbocycles. The lowest BCUT2D eigenvalue weighted by Gasteiger charge is -2.40. The summed E-state index contributed by atoms with van der Waals surface area (Å²) in [5.74, 6) is -0.962. The Morgan fingerprint density at radius 2 is 0.872 bits per heavy atom. The first-order valence-electron chi connectivity index (χ1n) is 17.5. The summed E-state index contributed by atoms with van der Waals surface area (Å²) < 4.78 is 0. The van der Waals surface area contributed by atoms with Crippen LogP contribution in [0, 0.1) is 5.41 Å². The molecule has 4 rings (SSSR count). The molecular formula is C41H54N2O4. The van der Waals surface area contributed by atoms with Crippen molar-refractivity contribution in [1.82, 2.24) is 10.6 Å². The maximum absolute atomic E-state index is 14.3. The molecule has 4 aromatic carbocycles. The molecular weight excluding hydrogens is 584 g/mol. The molecule has 47 heavy (non-hydrogen) atoms. The SMILES string of the molecule is CCCC(O)(CCC)[C@H](NC(=O)C(C)(C)C(=O)N[C@H](c1ccc2ccccc2c1)C(O)(CCC)CCC)c1ccc2ccccc2c1. The molecule has 4 aromatic rings. The molecule has 2 atom stereocenters. The quantitative estimate of drug-likeness (QED) is 0.0923. The average Bonchev–Trinajstić information content (AvgIpc) is 3.05. The van der Waals surface area contributed by atoms with E-state index in [9.17, 15) is 19.8 Å². The van der Waals surface area contributed by atoms with Gasteiger partial charge in [0.15, 0.2) is 0 Å². The fourth-order valence-electron chi connectivity index (χ4n) is 7.12. The highest BCUT2D eigenvalue weighted by molar-refractivity contribution is 6.04. The molecule has 0 spiro atoms. The van der Waals surface area contributed by atoms with Gasteiger partial charge < -0.3 is 20.8 Å². The molecule has 6 nitrogen and oxygen atoms in total. The van der Waals surface area contributed by atoms with Crippen LogP contribution in [0.25, 0.3) is 21.5 Å². The third kappa shape index (κ3) is 8.05. The molecule has 0 aromatic heterocycles. The Bertz CT molecular complexity index is 1530. The molecule has 4 N–H and O–H groups in total. The number of nitrogens with one attached hydrogen (secondary N) is 2. The number of aliphatic hydroxyl groups is 2. The maximum atomic E-state index is 14.3. The minimum atomic E-state index is -1.51. The van der Waals surface area contributed by atoms with E-state index in [4.69, 9.17) is 0 Å². The van der Waals surface area contributed by atoms with Gasteiger partial charge in [-0.1, -0.05) is 126 Å². The second kappa shape index (κ2) is 15.4. The lowest BCUT2D eigenvalue weighted by molar-refractivity contribution is -0.145. The second-order valence-electron chi connectivity index (χ2n) is 13.9. The summed E-state index contributed by atoms with van der Waals surface area (Å²) in [6.07, 6.45) is 4.93. The van der Waals surface area contributed by atoms with Gasteiger partial charge in [0.1, 0.15) is 5.41 Å². The predicted octanol–water partition coefficient (Wildman–Crippen LogP) is 8.70. The Morgan fingerprint density at radius 3 is 1.19 bits per heavy atom. The van der Waals surface area contributed by atoms with E-state index in [1.807, 2.05) is 113 Å². The minimum absolute atomic E-state index is 0.481. The van der Waals surface area contributed by atoms with Gasteiger partial charge in [-0.05, 0) is 84.3 Å². The van der Waals surface area contributed by atoms with Gasteiger partial charge >= 0.3 is 0 Å². The topological polar surface area (TPSA) is 98.7 Å².